The van der Waals surface area contributed by atoms with Crippen LogP contribution in [0.4, 0.5) is 0 Å². The van der Waals surface area contributed by atoms with Crippen LogP contribution in [0.3, 0.4) is 0 Å². The number of nitrogens with zero attached hydrogens (tertiary/aromatic N) is 1. The first-order valence-electron chi connectivity index (χ1n) is 5.55. The van der Waals surface area contributed by atoms with E-state index in [1.807, 2.05) is 6.92 Å². The van der Waals surface area contributed by atoms with Gasteiger partial charge in [0.25, 0.3) is 0 Å². The number of hydrogen-bond acceptors (Lipinski definition) is 3. The smallest absolute Gasteiger partial charge is 0.137 e. The molecule has 1 N–H and O–H groups in total. The van der Waals surface area contributed by atoms with Gasteiger partial charge in [-0.15, -0.1) is 0 Å². The molecule has 0 saturated heterocycles. The van der Waals surface area contributed by atoms with Gasteiger partial charge in [0, 0.05) is 0 Å². The maximum atomic E-state index is 10.1. The number of rotatable bonds is 5. The lowest BCUT2D eigenvalue weighted by atomic mass is 9.93. The highest BCUT2D eigenvalue weighted by molar-refractivity contribution is 6.32. The summed E-state index contributed by atoms with van der Waals surface area (Å²) in [5, 5.41) is 19.5. The average Bonchev–Trinajstić information content (AvgIpc) is 2.35. The number of methoxy groups -OCH3 is 1. The van der Waals surface area contributed by atoms with Gasteiger partial charge < -0.3 is 9.84 Å². The lowest BCUT2D eigenvalue weighted by Crippen LogP contribution is -2.10. The van der Waals surface area contributed by atoms with Gasteiger partial charge in [-0.3, -0.25) is 0 Å². The third kappa shape index (κ3) is 3.36. The zero-order valence-corrected chi connectivity index (χ0v) is 10.7. The lowest BCUT2D eigenvalue weighted by Gasteiger charge is -2.17. The molecule has 0 saturated carbocycles. The number of nitriles is 1. The Morgan fingerprint density at radius 2 is 2.24 bits per heavy atom. The Morgan fingerprint density at radius 3 is 2.71 bits per heavy atom. The van der Waals surface area contributed by atoms with Gasteiger partial charge in [-0.05, 0) is 24.1 Å². The molecule has 0 radical (unpaired) electrons. The van der Waals surface area contributed by atoms with Crippen LogP contribution in [0.1, 0.15) is 31.4 Å². The van der Waals surface area contributed by atoms with Crippen LogP contribution in [0.15, 0.2) is 18.2 Å². The highest BCUT2D eigenvalue weighted by Crippen LogP contribution is 2.31. The van der Waals surface area contributed by atoms with Crippen molar-refractivity contribution >= 4 is 11.6 Å². The molecule has 2 atom stereocenters. The van der Waals surface area contributed by atoms with Gasteiger partial charge in [0.05, 0.1) is 30.2 Å². The summed E-state index contributed by atoms with van der Waals surface area (Å²) < 4.78 is 5.04. The highest BCUT2D eigenvalue weighted by Gasteiger charge is 2.20. The molecule has 0 bridgehead atoms. The lowest BCUT2D eigenvalue weighted by molar-refractivity contribution is 0.130. The minimum Gasteiger partial charge on any atom is -0.495 e. The summed E-state index contributed by atoms with van der Waals surface area (Å²) in [6.07, 6.45) is 0.726. The number of aliphatic hydroxyl groups is 1. The summed E-state index contributed by atoms with van der Waals surface area (Å²) in [4.78, 5) is 0. The Hall–Kier alpha value is -1.24. The molecule has 17 heavy (non-hydrogen) atoms. The van der Waals surface area contributed by atoms with Crippen molar-refractivity contribution in [2.24, 2.45) is 5.92 Å². The van der Waals surface area contributed by atoms with Crippen LogP contribution in [0, 0.1) is 17.2 Å². The second-order valence-electron chi connectivity index (χ2n) is 3.86. The first-order valence-corrected chi connectivity index (χ1v) is 5.93. The number of aliphatic hydroxyl groups excluding tert-OH is 1. The van der Waals surface area contributed by atoms with Crippen molar-refractivity contribution < 1.29 is 9.84 Å². The normalized spacial score (nSPS) is 13.8. The minimum atomic E-state index is -0.802. The molecule has 3 nitrogen and oxygen atoms in total. The van der Waals surface area contributed by atoms with Crippen molar-refractivity contribution in [3.63, 3.8) is 0 Å². The van der Waals surface area contributed by atoms with Crippen LogP contribution >= 0.6 is 11.6 Å². The largest absolute Gasteiger partial charge is 0.495 e. The fraction of sp³-hybridized carbons (Fsp3) is 0.462. The Bertz CT molecular complexity index is 414. The Balaban J connectivity index is 2.92. The predicted molar refractivity (Wildman–Crippen MR) is 67.0 cm³/mol. The molecule has 0 aliphatic heterocycles. The molecule has 0 aromatic heterocycles. The number of hydrogen-bond donors (Lipinski definition) is 1. The van der Waals surface area contributed by atoms with Gasteiger partial charge in [-0.1, -0.05) is 31.0 Å². The number of benzene rings is 1. The molecular formula is C13H16ClNO2. The van der Waals surface area contributed by atoms with E-state index in [2.05, 4.69) is 6.07 Å². The number of ether oxygens (including phenoxy) is 1. The molecular weight excluding hydrogens is 238 g/mol. The molecule has 1 rings (SSSR count). The van der Waals surface area contributed by atoms with Gasteiger partial charge >= 0.3 is 0 Å². The van der Waals surface area contributed by atoms with E-state index in [1.165, 1.54) is 7.11 Å². The molecule has 0 amide bonds. The van der Waals surface area contributed by atoms with E-state index >= 15 is 0 Å². The summed E-state index contributed by atoms with van der Waals surface area (Å²) in [6.45, 7) is 1.98. The van der Waals surface area contributed by atoms with Crippen LogP contribution in [0.25, 0.3) is 0 Å². The van der Waals surface area contributed by atoms with Crippen LogP contribution in [0.2, 0.25) is 5.02 Å². The Labute approximate surface area is 107 Å². The molecule has 1 aromatic carbocycles. The zero-order valence-electron chi connectivity index (χ0n) is 9.98. The Kier molecular flexibility index (Phi) is 5.27. The maximum absolute atomic E-state index is 10.1. The minimum absolute atomic E-state index is 0.399. The third-order valence-corrected chi connectivity index (χ3v) is 2.96. The average molecular weight is 254 g/mol. The van der Waals surface area contributed by atoms with Gasteiger partial charge in [-0.25, -0.2) is 0 Å². The maximum Gasteiger partial charge on any atom is 0.137 e. The monoisotopic (exact) mass is 253 g/mol. The summed E-state index contributed by atoms with van der Waals surface area (Å²) in [5.41, 5.74) is 0.649. The first kappa shape index (κ1) is 13.8. The molecule has 0 fully saturated rings. The standard InChI is InChI=1S/C13H16ClNO2/c1-3-4-10(8-15)13(16)9-5-6-12(17-2)11(14)7-9/h5-7,10,13,16H,3-4H2,1-2H3. The van der Waals surface area contributed by atoms with Crippen molar-refractivity contribution in [1.82, 2.24) is 0 Å². The van der Waals surface area contributed by atoms with Gasteiger partial charge in [0.15, 0.2) is 0 Å². The molecule has 0 spiro atoms. The Morgan fingerprint density at radius 1 is 1.53 bits per heavy atom. The molecule has 1 aromatic rings. The van der Waals surface area contributed by atoms with Crippen molar-refractivity contribution in [3.8, 4) is 11.8 Å². The van der Waals surface area contributed by atoms with Crippen molar-refractivity contribution in [2.75, 3.05) is 7.11 Å². The van der Waals surface area contributed by atoms with E-state index in [0.29, 0.717) is 22.8 Å². The second-order valence-corrected chi connectivity index (χ2v) is 4.27. The van der Waals surface area contributed by atoms with Gasteiger partial charge in [0.2, 0.25) is 0 Å². The SMILES string of the molecule is CCCC(C#N)C(O)c1ccc(OC)c(Cl)c1. The van der Waals surface area contributed by atoms with Crippen molar-refractivity contribution in [2.45, 2.75) is 25.9 Å². The molecule has 92 valence electrons. The van der Waals surface area contributed by atoms with Crippen molar-refractivity contribution in [3.05, 3.63) is 28.8 Å². The van der Waals surface area contributed by atoms with Crippen LogP contribution in [0.5, 0.6) is 5.75 Å². The topological polar surface area (TPSA) is 53.2 Å². The summed E-state index contributed by atoms with van der Waals surface area (Å²) in [6, 6.07) is 7.20. The summed E-state index contributed by atoms with van der Waals surface area (Å²) in [7, 11) is 1.53. The first-order chi connectivity index (χ1) is 8.13. The fourth-order valence-corrected chi connectivity index (χ4v) is 1.97. The van der Waals surface area contributed by atoms with E-state index in [1.54, 1.807) is 18.2 Å². The van der Waals surface area contributed by atoms with E-state index in [4.69, 9.17) is 21.6 Å². The van der Waals surface area contributed by atoms with Gasteiger partial charge in [0.1, 0.15) is 5.75 Å². The summed E-state index contributed by atoms with van der Waals surface area (Å²) in [5.74, 6) is 0.163. The van der Waals surface area contributed by atoms with Crippen LogP contribution in [-0.4, -0.2) is 12.2 Å². The van der Waals surface area contributed by atoms with Crippen LogP contribution < -0.4 is 4.74 Å². The van der Waals surface area contributed by atoms with Crippen LogP contribution in [-0.2, 0) is 0 Å². The second kappa shape index (κ2) is 6.48. The molecule has 0 aliphatic rings. The number of halogens is 1. The predicted octanol–water partition coefficient (Wildman–Crippen LogP) is 3.32. The molecule has 0 heterocycles. The third-order valence-electron chi connectivity index (χ3n) is 2.66. The van der Waals surface area contributed by atoms with Gasteiger partial charge in [-0.2, -0.15) is 5.26 Å². The van der Waals surface area contributed by atoms with Crippen molar-refractivity contribution in [1.29, 1.82) is 5.26 Å². The highest BCUT2D eigenvalue weighted by atomic mass is 35.5. The quantitative estimate of drug-likeness (QED) is 0.876. The van der Waals surface area contributed by atoms with E-state index < -0.39 is 12.0 Å². The van der Waals surface area contributed by atoms with E-state index in [0.717, 1.165) is 6.42 Å². The zero-order chi connectivity index (χ0) is 12.8. The fourth-order valence-electron chi connectivity index (χ4n) is 1.70. The molecule has 4 heteroatoms. The van der Waals surface area contributed by atoms with E-state index in [9.17, 15) is 5.11 Å². The van der Waals surface area contributed by atoms with E-state index in [-0.39, 0.29) is 0 Å². The molecule has 2 unspecified atom stereocenters. The summed E-state index contributed by atoms with van der Waals surface area (Å²) >= 11 is 5.98. The molecule has 0 aliphatic carbocycles.